The molecule has 0 aromatic heterocycles. The molecule has 0 bridgehead atoms. The molecule has 15 heavy (non-hydrogen) atoms. The van der Waals surface area contributed by atoms with Crippen molar-refractivity contribution in [2.24, 2.45) is 5.92 Å². The third kappa shape index (κ3) is 3.37. The number of carbonyl (C=O) groups excluding carboxylic acids is 1. The van der Waals surface area contributed by atoms with Gasteiger partial charge < -0.3 is 4.74 Å². The minimum absolute atomic E-state index is 0.123. The highest BCUT2D eigenvalue weighted by Crippen LogP contribution is 2.30. The minimum Gasteiger partial charge on any atom is -0.466 e. The molecule has 0 spiro atoms. The van der Waals surface area contributed by atoms with Crippen LogP contribution in [0.1, 0.15) is 52.4 Å². The molecule has 2 heteroatoms. The van der Waals surface area contributed by atoms with Gasteiger partial charge in [-0.15, -0.1) is 0 Å². The average molecular weight is 210 g/mol. The van der Waals surface area contributed by atoms with Gasteiger partial charge in [-0.25, -0.2) is 4.79 Å². The molecule has 0 heterocycles. The zero-order chi connectivity index (χ0) is 11.3. The summed E-state index contributed by atoms with van der Waals surface area (Å²) in [6, 6.07) is 0. The van der Waals surface area contributed by atoms with E-state index in [1.165, 1.54) is 32.8 Å². The first-order chi connectivity index (χ1) is 7.16. The van der Waals surface area contributed by atoms with Crippen molar-refractivity contribution in [3.8, 4) is 0 Å². The zero-order valence-corrected chi connectivity index (χ0v) is 10.1. The van der Waals surface area contributed by atoms with E-state index in [-0.39, 0.29) is 5.97 Å². The van der Waals surface area contributed by atoms with Crippen molar-refractivity contribution in [2.45, 2.75) is 52.4 Å². The standard InChI is InChI=1S/C13H22O2/c1-10(2)12(13(14)15-3)11-8-6-4-5-7-9-11/h11H,4-9H2,1-3H3. The van der Waals surface area contributed by atoms with E-state index in [0.29, 0.717) is 5.92 Å². The Morgan fingerprint density at radius 2 is 1.60 bits per heavy atom. The van der Waals surface area contributed by atoms with Gasteiger partial charge in [-0.05, 0) is 32.6 Å². The Morgan fingerprint density at radius 1 is 1.07 bits per heavy atom. The third-order valence-electron chi connectivity index (χ3n) is 3.21. The van der Waals surface area contributed by atoms with Crippen LogP contribution >= 0.6 is 0 Å². The van der Waals surface area contributed by atoms with Gasteiger partial charge in [0.1, 0.15) is 0 Å². The maximum Gasteiger partial charge on any atom is 0.333 e. The second-order valence-corrected chi connectivity index (χ2v) is 4.59. The van der Waals surface area contributed by atoms with Crippen LogP contribution in [0.3, 0.4) is 0 Å². The number of methoxy groups -OCH3 is 1. The summed E-state index contributed by atoms with van der Waals surface area (Å²) in [5.74, 6) is 0.312. The van der Waals surface area contributed by atoms with Crippen LogP contribution < -0.4 is 0 Å². The number of rotatable bonds is 2. The largest absolute Gasteiger partial charge is 0.466 e. The Morgan fingerprint density at radius 3 is 2.00 bits per heavy atom. The molecule has 0 unspecified atom stereocenters. The van der Waals surface area contributed by atoms with E-state index < -0.39 is 0 Å². The van der Waals surface area contributed by atoms with Crippen LogP contribution in [0.2, 0.25) is 0 Å². The van der Waals surface area contributed by atoms with E-state index in [4.69, 9.17) is 4.74 Å². The summed E-state index contributed by atoms with van der Waals surface area (Å²) in [6.07, 6.45) is 7.42. The highest BCUT2D eigenvalue weighted by Gasteiger charge is 2.23. The summed E-state index contributed by atoms with van der Waals surface area (Å²) >= 11 is 0. The maximum absolute atomic E-state index is 11.7. The first-order valence-electron chi connectivity index (χ1n) is 5.92. The van der Waals surface area contributed by atoms with Crippen LogP contribution in [0.5, 0.6) is 0 Å². The van der Waals surface area contributed by atoms with Crippen molar-refractivity contribution in [2.75, 3.05) is 7.11 Å². The van der Waals surface area contributed by atoms with Crippen molar-refractivity contribution < 1.29 is 9.53 Å². The van der Waals surface area contributed by atoms with Crippen LogP contribution in [0, 0.1) is 5.92 Å². The molecule has 0 saturated heterocycles. The first kappa shape index (κ1) is 12.3. The van der Waals surface area contributed by atoms with Gasteiger partial charge in [0.25, 0.3) is 0 Å². The second-order valence-electron chi connectivity index (χ2n) is 4.59. The number of carbonyl (C=O) groups is 1. The van der Waals surface area contributed by atoms with Gasteiger partial charge >= 0.3 is 5.97 Å². The normalized spacial score (nSPS) is 18.1. The highest BCUT2D eigenvalue weighted by atomic mass is 16.5. The van der Waals surface area contributed by atoms with E-state index in [2.05, 4.69) is 0 Å². The van der Waals surface area contributed by atoms with Crippen LogP contribution in [0.15, 0.2) is 11.1 Å². The molecular weight excluding hydrogens is 188 g/mol. The lowest BCUT2D eigenvalue weighted by Gasteiger charge is -2.18. The lowest BCUT2D eigenvalue weighted by atomic mass is 9.89. The second kappa shape index (κ2) is 5.94. The lowest BCUT2D eigenvalue weighted by Crippen LogP contribution is -2.15. The SMILES string of the molecule is COC(=O)C(=C(C)C)C1CCCCCC1. The van der Waals surface area contributed by atoms with Crippen molar-refractivity contribution in [1.29, 1.82) is 0 Å². The van der Waals surface area contributed by atoms with Gasteiger partial charge in [0.05, 0.1) is 7.11 Å². The molecule has 0 atom stereocenters. The van der Waals surface area contributed by atoms with Crippen LogP contribution in [0.4, 0.5) is 0 Å². The van der Waals surface area contributed by atoms with E-state index in [1.54, 1.807) is 0 Å². The minimum atomic E-state index is -0.123. The molecule has 0 amide bonds. The molecule has 1 fully saturated rings. The van der Waals surface area contributed by atoms with E-state index >= 15 is 0 Å². The predicted octanol–water partition coefficient (Wildman–Crippen LogP) is 3.47. The van der Waals surface area contributed by atoms with Gasteiger partial charge in [-0.3, -0.25) is 0 Å². The molecule has 1 aliphatic carbocycles. The molecular formula is C13H22O2. The summed E-state index contributed by atoms with van der Waals surface area (Å²) in [6.45, 7) is 4.02. The number of ether oxygens (including phenoxy) is 1. The molecule has 0 aromatic carbocycles. The Bertz CT molecular complexity index is 241. The summed E-state index contributed by atoms with van der Waals surface area (Å²) in [5, 5.41) is 0. The summed E-state index contributed by atoms with van der Waals surface area (Å²) in [7, 11) is 1.47. The van der Waals surface area contributed by atoms with Crippen molar-refractivity contribution in [3.63, 3.8) is 0 Å². The molecule has 86 valence electrons. The van der Waals surface area contributed by atoms with Crippen molar-refractivity contribution in [1.82, 2.24) is 0 Å². The fourth-order valence-corrected chi connectivity index (χ4v) is 2.46. The topological polar surface area (TPSA) is 26.3 Å². The lowest BCUT2D eigenvalue weighted by molar-refractivity contribution is -0.136. The molecule has 1 saturated carbocycles. The number of hydrogen-bond donors (Lipinski definition) is 0. The Balaban J connectivity index is 2.79. The van der Waals surface area contributed by atoms with E-state index in [0.717, 1.165) is 24.0 Å². The summed E-state index contributed by atoms with van der Waals surface area (Å²) in [4.78, 5) is 11.7. The molecule has 0 radical (unpaired) electrons. The molecule has 1 aliphatic rings. The van der Waals surface area contributed by atoms with E-state index in [1.807, 2.05) is 13.8 Å². The molecule has 2 nitrogen and oxygen atoms in total. The predicted molar refractivity (Wildman–Crippen MR) is 61.6 cm³/mol. The highest BCUT2D eigenvalue weighted by molar-refractivity contribution is 5.89. The summed E-state index contributed by atoms with van der Waals surface area (Å²) in [5.41, 5.74) is 2.05. The van der Waals surface area contributed by atoms with Gasteiger partial charge in [-0.1, -0.05) is 31.3 Å². The van der Waals surface area contributed by atoms with Gasteiger partial charge in [0.2, 0.25) is 0 Å². The average Bonchev–Trinajstić information content (AvgIpc) is 2.46. The van der Waals surface area contributed by atoms with Gasteiger partial charge in [0, 0.05) is 5.57 Å². The van der Waals surface area contributed by atoms with Crippen molar-refractivity contribution >= 4 is 5.97 Å². The molecule has 0 aromatic rings. The first-order valence-corrected chi connectivity index (χ1v) is 5.92. The monoisotopic (exact) mass is 210 g/mol. The zero-order valence-electron chi connectivity index (χ0n) is 10.1. The Hall–Kier alpha value is -0.790. The maximum atomic E-state index is 11.7. The Kier molecular flexibility index (Phi) is 4.86. The number of hydrogen-bond acceptors (Lipinski definition) is 2. The molecule has 0 aliphatic heterocycles. The Labute approximate surface area is 92.7 Å². The number of esters is 1. The van der Waals surface area contributed by atoms with Crippen LogP contribution in [-0.4, -0.2) is 13.1 Å². The fourth-order valence-electron chi connectivity index (χ4n) is 2.46. The third-order valence-corrected chi connectivity index (χ3v) is 3.21. The fraction of sp³-hybridized carbons (Fsp3) is 0.769. The quantitative estimate of drug-likeness (QED) is 0.396. The smallest absolute Gasteiger partial charge is 0.333 e. The van der Waals surface area contributed by atoms with Gasteiger partial charge in [-0.2, -0.15) is 0 Å². The molecule has 1 rings (SSSR count). The number of allylic oxidation sites excluding steroid dienone is 1. The van der Waals surface area contributed by atoms with Crippen LogP contribution in [0.25, 0.3) is 0 Å². The van der Waals surface area contributed by atoms with Gasteiger partial charge in [0.15, 0.2) is 0 Å². The van der Waals surface area contributed by atoms with Crippen LogP contribution in [-0.2, 0) is 9.53 Å². The van der Waals surface area contributed by atoms with E-state index in [9.17, 15) is 4.79 Å². The van der Waals surface area contributed by atoms with Crippen molar-refractivity contribution in [3.05, 3.63) is 11.1 Å². The summed E-state index contributed by atoms with van der Waals surface area (Å²) < 4.78 is 4.87. The molecule has 0 N–H and O–H groups in total.